The Morgan fingerprint density at radius 3 is 3.07 bits per heavy atom. The molecule has 0 fully saturated rings. The van der Waals surface area contributed by atoms with Crippen LogP contribution < -0.4 is 0 Å². The molecule has 0 bridgehead atoms. The maximum Gasteiger partial charge on any atom is 0.187 e. The SMILES string of the molecule is Cc1nnc2c3ncccc3ccn12. The summed E-state index contributed by atoms with van der Waals surface area (Å²) in [5, 5.41) is 9.21. The Bertz CT molecular complexity index is 612. The van der Waals surface area contributed by atoms with Crippen LogP contribution >= 0.6 is 0 Å². The van der Waals surface area contributed by atoms with E-state index in [1.165, 1.54) is 0 Å². The van der Waals surface area contributed by atoms with Crippen LogP contribution in [-0.2, 0) is 0 Å². The lowest BCUT2D eigenvalue weighted by atomic mass is 10.2. The van der Waals surface area contributed by atoms with Gasteiger partial charge in [0.2, 0.25) is 0 Å². The maximum atomic E-state index is 4.30. The first kappa shape index (κ1) is 7.44. The van der Waals surface area contributed by atoms with E-state index >= 15 is 0 Å². The molecule has 0 aromatic carbocycles. The van der Waals surface area contributed by atoms with Crippen molar-refractivity contribution < 1.29 is 0 Å². The summed E-state index contributed by atoms with van der Waals surface area (Å²) in [5.41, 5.74) is 1.72. The Kier molecular flexibility index (Phi) is 1.33. The molecule has 0 aliphatic carbocycles. The molecule has 0 unspecified atom stereocenters. The van der Waals surface area contributed by atoms with E-state index in [4.69, 9.17) is 0 Å². The first-order chi connectivity index (χ1) is 6.86. The minimum absolute atomic E-state index is 0.820. The van der Waals surface area contributed by atoms with Crippen LogP contribution in [0.2, 0.25) is 0 Å². The zero-order chi connectivity index (χ0) is 9.54. The Hall–Kier alpha value is -1.97. The highest BCUT2D eigenvalue weighted by Crippen LogP contribution is 2.15. The van der Waals surface area contributed by atoms with Crippen molar-refractivity contribution in [2.75, 3.05) is 0 Å². The average Bonchev–Trinajstić information content (AvgIpc) is 2.61. The molecule has 0 aliphatic rings. The van der Waals surface area contributed by atoms with Crippen LogP contribution in [0.5, 0.6) is 0 Å². The molecule has 0 atom stereocenters. The summed E-state index contributed by atoms with van der Waals surface area (Å²) in [4.78, 5) is 4.30. The van der Waals surface area contributed by atoms with Crippen molar-refractivity contribution in [1.29, 1.82) is 0 Å². The molecule has 0 radical (unpaired) electrons. The molecule has 0 N–H and O–H groups in total. The molecule has 3 rings (SSSR count). The Labute approximate surface area is 80.2 Å². The third-order valence-electron chi connectivity index (χ3n) is 2.32. The van der Waals surface area contributed by atoms with Gasteiger partial charge < -0.3 is 0 Å². The van der Waals surface area contributed by atoms with Gasteiger partial charge in [0.1, 0.15) is 11.3 Å². The predicted molar refractivity (Wildman–Crippen MR) is 53.0 cm³/mol. The topological polar surface area (TPSA) is 43.1 Å². The number of nitrogens with zero attached hydrogens (tertiary/aromatic N) is 4. The lowest BCUT2D eigenvalue weighted by Crippen LogP contribution is -1.89. The third kappa shape index (κ3) is 0.849. The summed E-state index contributed by atoms with van der Waals surface area (Å²) in [6.45, 7) is 1.93. The summed E-state index contributed by atoms with van der Waals surface area (Å²) in [6, 6.07) is 5.96. The molecule has 0 spiro atoms. The lowest BCUT2D eigenvalue weighted by Gasteiger charge is -1.98. The van der Waals surface area contributed by atoms with Gasteiger partial charge in [0.05, 0.1) is 0 Å². The minimum atomic E-state index is 0.820. The lowest BCUT2D eigenvalue weighted by molar-refractivity contribution is 1.01. The zero-order valence-electron chi connectivity index (χ0n) is 7.68. The van der Waals surface area contributed by atoms with Crippen LogP contribution in [0.3, 0.4) is 0 Å². The van der Waals surface area contributed by atoms with Gasteiger partial charge in [0, 0.05) is 17.8 Å². The Morgan fingerprint density at radius 2 is 2.14 bits per heavy atom. The van der Waals surface area contributed by atoms with E-state index in [2.05, 4.69) is 15.2 Å². The number of aryl methyl sites for hydroxylation is 1. The summed E-state index contributed by atoms with van der Waals surface area (Å²) >= 11 is 0. The van der Waals surface area contributed by atoms with E-state index in [9.17, 15) is 0 Å². The monoisotopic (exact) mass is 184 g/mol. The van der Waals surface area contributed by atoms with Crippen molar-refractivity contribution in [1.82, 2.24) is 19.6 Å². The number of pyridine rings is 2. The van der Waals surface area contributed by atoms with Crippen molar-refractivity contribution in [3.05, 3.63) is 36.4 Å². The van der Waals surface area contributed by atoms with E-state index in [0.717, 1.165) is 22.4 Å². The summed E-state index contributed by atoms with van der Waals surface area (Å²) in [7, 11) is 0. The minimum Gasteiger partial charge on any atom is -0.285 e. The number of fused-ring (bicyclic) bond motifs is 3. The first-order valence-corrected chi connectivity index (χ1v) is 4.41. The summed E-state index contributed by atoms with van der Waals surface area (Å²) in [5.74, 6) is 0.882. The third-order valence-corrected chi connectivity index (χ3v) is 2.32. The molecule has 4 heteroatoms. The molecular formula is C10H8N4. The van der Waals surface area contributed by atoms with Crippen LogP contribution in [0.4, 0.5) is 0 Å². The van der Waals surface area contributed by atoms with Gasteiger partial charge in [0.25, 0.3) is 0 Å². The molecule has 0 saturated heterocycles. The molecular weight excluding hydrogens is 176 g/mol. The van der Waals surface area contributed by atoms with E-state index in [0.29, 0.717) is 0 Å². The van der Waals surface area contributed by atoms with Gasteiger partial charge in [-0.1, -0.05) is 6.07 Å². The smallest absolute Gasteiger partial charge is 0.187 e. The average molecular weight is 184 g/mol. The number of hydrogen-bond acceptors (Lipinski definition) is 3. The molecule has 3 aromatic heterocycles. The van der Waals surface area contributed by atoms with Crippen LogP contribution in [0.15, 0.2) is 30.6 Å². The molecule has 3 aromatic rings. The zero-order valence-corrected chi connectivity index (χ0v) is 7.68. The van der Waals surface area contributed by atoms with Gasteiger partial charge in [-0.25, -0.2) is 0 Å². The van der Waals surface area contributed by atoms with Crippen molar-refractivity contribution in [3.63, 3.8) is 0 Å². The fourth-order valence-corrected chi connectivity index (χ4v) is 1.60. The standard InChI is InChI=1S/C10H8N4/c1-7-12-13-10-9-8(3-2-5-11-9)4-6-14(7)10/h2-6H,1H3. The highest BCUT2D eigenvalue weighted by Gasteiger charge is 2.04. The fourth-order valence-electron chi connectivity index (χ4n) is 1.60. The second-order valence-corrected chi connectivity index (χ2v) is 3.20. The van der Waals surface area contributed by atoms with Crippen molar-refractivity contribution >= 4 is 16.6 Å². The summed E-state index contributed by atoms with van der Waals surface area (Å²) in [6.07, 6.45) is 3.74. The van der Waals surface area contributed by atoms with Gasteiger partial charge in [-0.15, -0.1) is 10.2 Å². The fraction of sp³-hybridized carbons (Fsp3) is 0.100. The number of rotatable bonds is 0. The highest BCUT2D eigenvalue weighted by molar-refractivity contribution is 5.89. The van der Waals surface area contributed by atoms with Crippen molar-refractivity contribution in [2.24, 2.45) is 0 Å². The van der Waals surface area contributed by atoms with Crippen LogP contribution in [0, 0.1) is 6.92 Å². The van der Waals surface area contributed by atoms with E-state index in [1.807, 2.05) is 35.7 Å². The molecule has 14 heavy (non-hydrogen) atoms. The quantitative estimate of drug-likeness (QED) is 0.532. The van der Waals surface area contributed by atoms with Gasteiger partial charge in [-0.3, -0.25) is 9.38 Å². The van der Waals surface area contributed by atoms with Gasteiger partial charge in [-0.05, 0) is 19.1 Å². The normalized spacial score (nSPS) is 11.2. The molecule has 0 amide bonds. The predicted octanol–water partition coefficient (Wildman–Crippen LogP) is 1.59. The van der Waals surface area contributed by atoms with Crippen LogP contribution in [-0.4, -0.2) is 19.6 Å². The van der Waals surface area contributed by atoms with Crippen molar-refractivity contribution in [3.8, 4) is 0 Å². The van der Waals surface area contributed by atoms with Crippen molar-refractivity contribution in [2.45, 2.75) is 6.92 Å². The second kappa shape index (κ2) is 2.51. The molecule has 0 saturated carbocycles. The van der Waals surface area contributed by atoms with Gasteiger partial charge in [0.15, 0.2) is 5.65 Å². The van der Waals surface area contributed by atoms with E-state index < -0.39 is 0 Å². The van der Waals surface area contributed by atoms with E-state index in [1.54, 1.807) is 6.20 Å². The molecule has 3 heterocycles. The number of hydrogen-bond donors (Lipinski definition) is 0. The Balaban J connectivity index is 2.61. The Morgan fingerprint density at radius 1 is 1.21 bits per heavy atom. The van der Waals surface area contributed by atoms with Crippen LogP contribution in [0.1, 0.15) is 5.82 Å². The van der Waals surface area contributed by atoms with E-state index in [-0.39, 0.29) is 0 Å². The van der Waals surface area contributed by atoms with Gasteiger partial charge in [-0.2, -0.15) is 0 Å². The van der Waals surface area contributed by atoms with Crippen LogP contribution in [0.25, 0.3) is 16.6 Å². The number of aromatic nitrogens is 4. The summed E-state index contributed by atoms with van der Waals surface area (Å²) < 4.78 is 1.94. The highest BCUT2D eigenvalue weighted by atomic mass is 15.2. The van der Waals surface area contributed by atoms with Gasteiger partial charge >= 0.3 is 0 Å². The molecule has 68 valence electrons. The second-order valence-electron chi connectivity index (χ2n) is 3.20. The largest absolute Gasteiger partial charge is 0.285 e. The molecule has 4 nitrogen and oxygen atoms in total. The maximum absolute atomic E-state index is 4.30. The molecule has 0 aliphatic heterocycles. The first-order valence-electron chi connectivity index (χ1n) is 4.41.